The highest BCUT2D eigenvalue weighted by molar-refractivity contribution is 6.25. The highest BCUT2D eigenvalue weighted by atomic mass is 15.0. The van der Waals surface area contributed by atoms with E-state index in [4.69, 9.17) is 9.97 Å². The topological polar surface area (TPSA) is 30.2 Å². The minimum absolute atomic E-state index is 0.869. The van der Waals surface area contributed by atoms with Gasteiger partial charge in [0, 0.05) is 23.3 Å². The Hall–Kier alpha value is -6.32. The summed E-state index contributed by atoms with van der Waals surface area (Å²) < 4.78 is 2.16. The molecule has 0 N–H and O–H groups in total. The number of aromatic nitrogens is 3. The largest absolute Gasteiger partial charge is 0.299 e. The Morgan fingerprint density at radius 1 is 0.447 bits per heavy atom. The lowest BCUT2D eigenvalue weighted by molar-refractivity contribution is 1.19. The van der Waals surface area contributed by atoms with E-state index in [-0.39, 0.29) is 0 Å². The summed E-state index contributed by atoms with van der Waals surface area (Å²) in [6, 6.07) is 54.5. The molecule has 0 radical (unpaired) electrons. The molecule has 0 bridgehead atoms. The fraction of sp³-hybridized carbons (Fsp3) is 0. The van der Waals surface area contributed by atoms with E-state index in [9.17, 15) is 0 Å². The van der Waals surface area contributed by atoms with Gasteiger partial charge in [0.1, 0.15) is 11.3 Å². The van der Waals surface area contributed by atoms with Crippen LogP contribution in [-0.2, 0) is 0 Å². The highest BCUT2D eigenvalue weighted by Crippen LogP contribution is 2.40. The van der Waals surface area contributed by atoms with Crippen LogP contribution in [0.15, 0.2) is 164 Å². The number of pyridine rings is 2. The Kier molecular flexibility index (Phi) is 5.57. The van der Waals surface area contributed by atoms with Gasteiger partial charge in [-0.3, -0.25) is 9.38 Å². The molecule has 0 unspecified atom stereocenters. The Morgan fingerprint density at radius 2 is 1.06 bits per heavy atom. The van der Waals surface area contributed by atoms with E-state index in [2.05, 4.69) is 138 Å². The number of hydrogen-bond donors (Lipinski definition) is 0. The van der Waals surface area contributed by atoms with Crippen LogP contribution in [0.25, 0.3) is 93.6 Å². The van der Waals surface area contributed by atoms with Crippen LogP contribution in [0.2, 0.25) is 0 Å². The third kappa shape index (κ3) is 4.07. The molecule has 0 aliphatic carbocycles. The highest BCUT2D eigenvalue weighted by Gasteiger charge is 2.18. The van der Waals surface area contributed by atoms with Crippen LogP contribution < -0.4 is 0 Å². The van der Waals surface area contributed by atoms with E-state index < -0.39 is 0 Å². The van der Waals surface area contributed by atoms with Crippen molar-refractivity contribution in [1.29, 1.82) is 0 Å². The van der Waals surface area contributed by atoms with Gasteiger partial charge in [-0.25, -0.2) is 4.98 Å². The summed E-state index contributed by atoms with van der Waals surface area (Å²) in [6.07, 6.45) is 4.02. The quantitative estimate of drug-likeness (QED) is 0.189. The molecule has 0 atom stereocenters. The van der Waals surface area contributed by atoms with Gasteiger partial charge in [-0.1, -0.05) is 133 Å². The Labute approximate surface area is 271 Å². The maximum absolute atomic E-state index is 5.03. The zero-order valence-corrected chi connectivity index (χ0v) is 25.4. The van der Waals surface area contributed by atoms with E-state index >= 15 is 0 Å². The summed E-state index contributed by atoms with van der Waals surface area (Å²) in [6.45, 7) is 0. The fourth-order valence-corrected chi connectivity index (χ4v) is 7.31. The Morgan fingerprint density at radius 3 is 1.85 bits per heavy atom. The van der Waals surface area contributed by atoms with Crippen LogP contribution in [0.5, 0.6) is 0 Å². The standard InChI is InChI=1S/C44H27N3/c1-2-7-36-27-45-39(26-35(36)6-1)43-44(47-25-4-3-10-40(47)46-43)34-19-13-29(14-20-34)28-11-15-30(16-12-28)37-23-21-33-18-17-31-8-5-9-32-22-24-38(37)42(33)41(31)32/h1-27H. The molecule has 10 aromatic rings. The van der Waals surface area contributed by atoms with Gasteiger partial charge in [0.25, 0.3) is 0 Å². The molecule has 0 saturated carbocycles. The van der Waals surface area contributed by atoms with Crippen LogP contribution in [-0.4, -0.2) is 14.4 Å². The second-order valence-corrected chi connectivity index (χ2v) is 12.3. The van der Waals surface area contributed by atoms with Gasteiger partial charge in [0.2, 0.25) is 0 Å². The molecule has 0 aliphatic heterocycles. The third-order valence-corrected chi connectivity index (χ3v) is 9.62. The van der Waals surface area contributed by atoms with Gasteiger partial charge in [-0.2, -0.15) is 0 Å². The molecule has 3 nitrogen and oxygen atoms in total. The number of imidazole rings is 1. The summed E-state index contributed by atoms with van der Waals surface area (Å²) in [7, 11) is 0. The molecule has 0 saturated heterocycles. The normalized spacial score (nSPS) is 11.8. The summed E-state index contributed by atoms with van der Waals surface area (Å²) in [5, 5.41) is 10.2. The van der Waals surface area contributed by atoms with Crippen LogP contribution >= 0.6 is 0 Å². The second-order valence-electron chi connectivity index (χ2n) is 12.3. The minimum atomic E-state index is 0.869. The number of hydrogen-bond acceptors (Lipinski definition) is 2. The van der Waals surface area contributed by atoms with Crippen molar-refractivity contribution in [3.05, 3.63) is 164 Å². The summed E-state index contributed by atoms with van der Waals surface area (Å²) in [5.74, 6) is 0. The van der Waals surface area contributed by atoms with E-state index in [1.807, 2.05) is 30.5 Å². The van der Waals surface area contributed by atoms with Gasteiger partial charge in [0.05, 0.1) is 11.4 Å². The fourth-order valence-electron chi connectivity index (χ4n) is 7.31. The first-order valence-corrected chi connectivity index (χ1v) is 16.0. The third-order valence-electron chi connectivity index (χ3n) is 9.62. The summed E-state index contributed by atoms with van der Waals surface area (Å²) in [5.41, 5.74) is 9.64. The molecule has 3 heteroatoms. The first-order valence-electron chi connectivity index (χ1n) is 16.0. The molecule has 7 aromatic carbocycles. The number of benzene rings is 7. The summed E-state index contributed by atoms with van der Waals surface area (Å²) >= 11 is 0. The summed E-state index contributed by atoms with van der Waals surface area (Å²) in [4.78, 5) is 9.86. The first kappa shape index (κ1) is 26.0. The predicted molar refractivity (Wildman–Crippen MR) is 196 cm³/mol. The molecule has 47 heavy (non-hydrogen) atoms. The number of rotatable bonds is 4. The molecule has 10 rings (SSSR count). The van der Waals surface area contributed by atoms with Gasteiger partial charge in [-0.15, -0.1) is 0 Å². The lowest BCUT2D eigenvalue weighted by Gasteiger charge is -2.14. The van der Waals surface area contributed by atoms with Gasteiger partial charge >= 0.3 is 0 Å². The maximum atomic E-state index is 5.03. The minimum Gasteiger partial charge on any atom is -0.299 e. The van der Waals surface area contributed by atoms with E-state index in [0.717, 1.165) is 39.1 Å². The van der Waals surface area contributed by atoms with Crippen molar-refractivity contribution in [2.45, 2.75) is 0 Å². The predicted octanol–water partition coefficient (Wildman–Crippen LogP) is 11.4. The van der Waals surface area contributed by atoms with Gasteiger partial charge in [-0.05, 0) is 78.2 Å². The van der Waals surface area contributed by atoms with Crippen LogP contribution in [0.3, 0.4) is 0 Å². The second kappa shape index (κ2) is 10.1. The van der Waals surface area contributed by atoms with Crippen molar-refractivity contribution >= 4 is 48.7 Å². The van der Waals surface area contributed by atoms with Crippen LogP contribution in [0.1, 0.15) is 0 Å². The Bertz CT molecular complexity index is 2760. The molecular weight excluding hydrogens is 571 g/mol. The van der Waals surface area contributed by atoms with Crippen molar-refractivity contribution in [2.75, 3.05) is 0 Å². The van der Waals surface area contributed by atoms with Crippen LogP contribution in [0, 0.1) is 0 Å². The van der Waals surface area contributed by atoms with Crippen molar-refractivity contribution < 1.29 is 0 Å². The number of fused-ring (bicyclic) bond motifs is 2. The molecule has 3 aromatic heterocycles. The van der Waals surface area contributed by atoms with Gasteiger partial charge in [0.15, 0.2) is 0 Å². The molecule has 0 amide bonds. The first-order chi connectivity index (χ1) is 23.3. The van der Waals surface area contributed by atoms with Crippen LogP contribution in [0.4, 0.5) is 0 Å². The molecule has 0 spiro atoms. The monoisotopic (exact) mass is 597 g/mol. The zero-order valence-electron chi connectivity index (χ0n) is 25.4. The van der Waals surface area contributed by atoms with Crippen molar-refractivity contribution in [2.24, 2.45) is 0 Å². The molecular formula is C44H27N3. The zero-order chi connectivity index (χ0) is 30.9. The van der Waals surface area contributed by atoms with Gasteiger partial charge < -0.3 is 0 Å². The van der Waals surface area contributed by atoms with Crippen molar-refractivity contribution in [3.63, 3.8) is 0 Å². The average molecular weight is 598 g/mol. The molecule has 0 aliphatic rings. The van der Waals surface area contributed by atoms with E-state index in [1.54, 1.807) is 0 Å². The lowest BCUT2D eigenvalue weighted by Crippen LogP contribution is -1.91. The van der Waals surface area contributed by atoms with Crippen molar-refractivity contribution in [1.82, 2.24) is 14.4 Å². The van der Waals surface area contributed by atoms with E-state index in [0.29, 0.717) is 0 Å². The lowest BCUT2D eigenvalue weighted by atomic mass is 9.89. The maximum Gasteiger partial charge on any atom is 0.138 e. The Balaban J connectivity index is 1.03. The molecule has 3 heterocycles. The molecule has 218 valence electrons. The SMILES string of the molecule is c1ccc2cc(-c3nc4ccccn4c3-c3ccc(-c4ccc(-c5ccc6ccc7cccc8ccc5c6c78)cc4)cc3)ncc2c1. The average Bonchev–Trinajstić information content (AvgIpc) is 3.53. The number of nitrogens with zero attached hydrogens (tertiary/aromatic N) is 3. The van der Waals surface area contributed by atoms with E-state index in [1.165, 1.54) is 54.6 Å². The molecule has 0 fully saturated rings. The smallest absolute Gasteiger partial charge is 0.138 e. The van der Waals surface area contributed by atoms with Crippen molar-refractivity contribution in [3.8, 4) is 44.9 Å².